The van der Waals surface area contributed by atoms with Gasteiger partial charge in [0.25, 0.3) is 0 Å². The van der Waals surface area contributed by atoms with Crippen molar-refractivity contribution >= 4 is 24.1 Å². The monoisotopic (exact) mass is 882 g/mol. The van der Waals surface area contributed by atoms with Crippen LogP contribution in [0, 0.1) is 23.7 Å². The van der Waals surface area contributed by atoms with Crippen molar-refractivity contribution in [3.05, 3.63) is 192 Å². The molecule has 336 valence electrons. The van der Waals surface area contributed by atoms with E-state index in [9.17, 15) is 19.2 Å². The van der Waals surface area contributed by atoms with Crippen LogP contribution in [0.3, 0.4) is 0 Å². The predicted molar refractivity (Wildman–Crippen MR) is 249 cm³/mol. The highest BCUT2D eigenvalue weighted by Crippen LogP contribution is 2.43. The number of carbonyl (C=O) groups is 4. The lowest BCUT2D eigenvalue weighted by molar-refractivity contribution is -0.161. The summed E-state index contributed by atoms with van der Waals surface area (Å²) in [6.07, 6.45) is 4.79. The number of para-hydroxylation sites is 2. The minimum absolute atomic E-state index is 0.177. The molecule has 3 aliphatic rings. The number of benzene rings is 6. The Hall–Kier alpha value is -7.20. The number of amides is 2. The maximum atomic E-state index is 14.3. The van der Waals surface area contributed by atoms with Gasteiger partial charge in [-0.15, -0.1) is 0 Å². The molecule has 0 bridgehead atoms. The molecule has 66 heavy (non-hydrogen) atoms. The van der Waals surface area contributed by atoms with Crippen LogP contribution in [0.2, 0.25) is 0 Å². The van der Waals surface area contributed by atoms with Crippen LogP contribution in [-0.2, 0) is 32.2 Å². The first kappa shape index (κ1) is 44.0. The van der Waals surface area contributed by atoms with E-state index in [1.165, 1.54) is 0 Å². The summed E-state index contributed by atoms with van der Waals surface area (Å²) in [6.45, 7) is 0.355. The van der Waals surface area contributed by atoms with Gasteiger partial charge in [0, 0.05) is 13.1 Å². The molecule has 0 N–H and O–H groups in total. The third-order valence-corrected chi connectivity index (χ3v) is 12.9. The Balaban J connectivity index is 0.896. The smallest absolute Gasteiger partial charge is 0.418 e. The van der Waals surface area contributed by atoms with Gasteiger partial charge in [-0.25, -0.2) is 9.59 Å². The van der Waals surface area contributed by atoms with E-state index >= 15 is 0 Å². The van der Waals surface area contributed by atoms with Gasteiger partial charge in [-0.2, -0.15) is 0 Å². The zero-order valence-corrected chi connectivity index (χ0v) is 36.9. The zero-order valence-electron chi connectivity index (χ0n) is 36.9. The second kappa shape index (κ2) is 20.7. The van der Waals surface area contributed by atoms with Gasteiger partial charge in [-0.3, -0.25) is 19.4 Å². The molecule has 4 atom stereocenters. The van der Waals surface area contributed by atoms with Gasteiger partial charge < -0.3 is 18.9 Å². The summed E-state index contributed by atoms with van der Waals surface area (Å²) >= 11 is 0. The van der Waals surface area contributed by atoms with Crippen LogP contribution in [0.5, 0.6) is 23.0 Å². The van der Waals surface area contributed by atoms with E-state index < -0.39 is 36.0 Å². The lowest BCUT2D eigenvalue weighted by Crippen LogP contribution is -2.45. The maximum Gasteiger partial charge on any atom is 0.418 e. The second-order valence-corrected chi connectivity index (χ2v) is 17.7. The van der Waals surface area contributed by atoms with E-state index in [2.05, 4.69) is 0 Å². The molecule has 10 nitrogen and oxygen atoms in total. The fourth-order valence-electron chi connectivity index (χ4n) is 8.65. The highest BCUT2D eigenvalue weighted by molar-refractivity contribution is 5.93. The summed E-state index contributed by atoms with van der Waals surface area (Å²) in [5.41, 5.74) is 3.55. The van der Waals surface area contributed by atoms with Crippen molar-refractivity contribution in [1.29, 1.82) is 0 Å². The molecule has 3 fully saturated rings. The van der Waals surface area contributed by atoms with E-state index in [4.69, 9.17) is 18.9 Å². The number of carbonyl (C=O) groups excluding carboxylic acids is 4. The minimum atomic E-state index is -0.939. The molecule has 2 unspecified atom stereocenters. The summed E-state index contributed by atoms with van der Waals surface area (Å²) in [4.78, 5) is 59.8. The van der Waals surface area contributed by atoms with Crippen LogP contribution in [0.25, 0.3) is 0 Å². The van der Waals surface area contributed by atoms with Gasteiger partial charge >= 0.3 is 24.1 Å². The van der Waals surface area contributed by atoms with Gasteiger partial charge in [0.05, 0.1) is 23.9 Å². The topological polar surface area (TPSA) is 112 Å². The first-order chi connectivity index (χ1) is 32.3. The molecule has 10 heteroatoms. The summed E-state index contributed by atoms with van der Waals surface area (Å²) in [5.74, 6) is 0.136. The van der Waals surface area contributed by atoms with E-state index in [0.29, 0.717) is 47.7 Å². The van der Waals surface area contributed by atoms with Crippen LogP contribution in [-0.4, -0.2) is 33.9 Å². The second-order valence-electron chi connectivity index (χ2n) is 17.7. The van der Waals surface area contributed by atoms with Gasteiger partial charge in [0.15, 0.2) is 0 Å². The van der Waals surface area contributed by atoms with Crippen LogP contribution in [0.1, 0.15) is 85.7 Å². The van der Waals surface area contributed by atoms with Gasteiger partial charge in [0.2, 0.25) is 0 Å². The fraction of sp³-hybridized carbons (Fsp3) is 0.286. The van der Waals surface area contributed by atoms with Crippen LogP contribution in [0.4, 0.5) is 9.59 Å². The van der Waals surface area contributed by atoms with E-state index in [1.807, 2.05) is 170 Å². The van der Waals surface area contributed by atoms with E-state index in [1.54, 1.807) is 9.80 Å². The molecule has 3 aliphatic carbocycles. The normalized spacial score (nSPS) is 17.3. The molecule has 0 aliphatic heterocycles. The number of hydrogen-bond acceptors (Lipinski definition) is 8. The zero-order chi connectivity index (χ0) is 45.2. The molecule has 0 aromatic heterocycles. The van der Waals surface area contributed by atoms with Crippen molar-refractivity contribution in [2.24, 2.45) is 23.7 Å². The van der Waals surface area contributed by atoms with E-state index in [0.717, 1.165) is 60.8 Å². The Morgan fingerprint density at radius 1 is 0.409 bits per heavy atom. The molecule has 0 radical (unpaired) electrons. The first-order valence-electron chi connectivity index (χ1n) is 23.1. The average Bonchev–Trinajstić information content (AvgIpc) is 4.28. The van der Waals surface area contributed by atoms with Gasteiger partial charge in [-0.05, 0) is 108 Å². The number of nitrogens with zero attached hydrogens (tertiary/aromatic N) is 2. The number of esters is 2. The third kappa shape index (κ3) is 11.5. The Labute approximate surface area is 386 Å². The Kier molecular flexibility index (Phi) is 13.8. The summed E-state index contributed by atoms with van der Waals surface area (Å²) < 4.78 is 23.4. The molecular formula is C56H54N2O8. The highest BCUT2D eigenvalue weighted by atomic mass is 16.6. The number of ether oxygens (including phenoxy) is 4. The third-order valence-electron chi connectivity index (χ3n) is 12.9. The van der Waals surface area contributed by atoms with E-state index in [-0.39, 0.29) is 25.2 Å². The van der Waals surface area contributed by atoms with Crippen LogP contribution in [0.15, 0.2) is 170 Å². The predicted octanol–water partition coefficient (Wildman–Crippen LogP) is 13.0. The largest absolute Gasteiger partial charge is 0.457 e. The molecule has 6 aromatic carbocycles. The summed E-state index contributed by atoms with van der Waals surface area (Å²) in [7, 11) is 0. The standard InChI is InChI=1S/C56H54N2O8/c59-53(65-55(61)57(51(35-39-21-22-39)43-13-5-1-6-14-43)37-41-25-29-47(30-26-41)63-45-17-9-3-10-18-45)49-33-34-50(49)54(60)66-56(62)58(52(36-40-23-24-40)44-15-7-2-8-16-44)38-42-27-31-48(32-28-42)64-46-19-11-4-12-20-46/h1-20,25-32,39-40,49-52H,21-24,33-38H2/t49?,50?,51-,52-/m0/s1. The number of rotatable bonds is 18. The fourth-order valence-corrected chi connectivity index (χ4v) is 8.65. The minimum Gasteiger partial charge on any atom is -0.457 e. The Morgan fingerprint density at radius 2 is 0.727 bits per heavy atom. The first-order valence-corrected chi connectivity index (χ1v) is 23.1. The lowest BCUT2D eigenvalue weighted by Gasteiger charge is -2.35. The SMILES string of the molecule is O=C(OC(=O)N(Cc1ccc(Oc2ccccc2)cc1)[C@@H](CC1CC1)c1ccccc1)C1CCC1C(=O)OC(=O)N(Cc1ccc(Oc2ccccc2)cc1)[C@@H](CC1CC1)c1ccccc1. The highest BCUT2D eigenvalue weighted by Gasteiger charge is 2.46. The van der Waals surface area contributed by atoms with Crippen molar-refractivity contribution in [3.8, 4) is 23.0 Å². The molecule has 2 amide bonds. The molecule has 0 saturated heterocycles. The molecule has 3 saturated carbocycles. The molecule has 0 spiro atoms. The molecule has 9 rings (SSSR count). The van der Waals surface area contributed by atoms with Crippen LogP contribution < -0.4 is 9.47 Å². The lowest BCUT2D eigenvalue weighted by atomic mass is 9.74. The van der Waals surface area contributed by atoms with Crippen molar-refractivity contribution < 1.29 is 38.1 Å². The summed E-state index contributed by atoms with van der Waals surface area (Å²) in [6, 6.07) is 52.9. The van der Waals surface area contributed by atoms with Gasteiger partial charge in [0.1, 0.15) is 23.0 Å². The quantitative estimate of drug-likeness (QED) is 0.0620. The van der Waals surface area contributed by atoms with Crippen LogP contribution >= 0.6 is 0 Å². The summed E-state index contributed by atoms with van der Waals surface area (Å²) in [5, 5.41) is 0. The Bertz CT molecular complexity index is 2370. The molecule has 0 heterocycles. The average molecular weight is 883 g/mol. The molecule has 6 aromatic rings. The van der Waals surface area contributed by atoms with Crippen molar-refractivity contribution in [3.63, 3.8) is 0 Å². The van der Waals surface area contributed by atoms with Crippen molar-refractivity contribution in [2.75, 3.05) is 0 Å². The van der Waals surface area contributed by atoms with Crippen molar-refractivity contribution in [2.45, 2.75) is 76.5 Å². The van der Waals surface area contributed by atoms with Crippen molar-refractivity contribution in [1.82, 2.24) is 9.80 Å². The molecular weight excluding hydrogens is 829 g/mol. The van der Waals surface area contributed by atoms with Gasteiger partial charge in [-0.1, -0.05) is 147 Å². The number of hydrogen-bond donors (Lipinski definition) is 0. The Morgan fingerprint density at radius 3 is 1.05 bits per heavy atom. The maximum absolute atomic E-state index is 14.3.